The number of aliphatic imine (C=N–C) groups is 1. The van der Waals surface area contributed by atoms with Crippen LogP contribution >= 0.6 is 0 Å². The molecule has 2 heteroatoms. The number of rotatable bonds is 0. The summed E-state index contributed by atoms with van der Waals surface area (Å²) in [6, 6.07) is 8.20. The molecule has 2 heterocycles. The third kappa shape index (κ3) is 0.576. The van der Waals surface area contributed by atoms with Crippen LogP contribution in [-0.4, -0.2) is 12.8 Å². The predicted molar refractivity (Wildman–Crippen MR) is 43.3 cm³/mol. The molecule has 2 nitrogen and oxygen atoms in total. The molecule has 53 valence electrons. The Kier molecular flexibility index (Phi) is 0.767. The van der Waals surface area contributed by atoms with E-state index in [-0.39, 0.29) is 5.54 Å². The SMILES string of the molecule is C1=Nc2ccccc2C12C[N]2. The van der Waals surface area contributed by atoms with Crippen LogP contribution in [0.5, 0.6) is 0 Å². The van der Waals surface area contributed by atoms with Crippen LogP contribution in [-0.2, 0) is 5.54 Å². The van der Waals surface area contributed by atoms with Crippen molar-refractivity contribution in [3.8, 4) is 0 Å². The molecule has 1 atom stereocenters. The van der Waals surface area contributed by atoms with E-state index < -0.39 is 0 Å². The number of fused-ring (bicyclic) bond motifs is 2. The van der Waals surface area contributed by atoms with E-state index in [0.717, 1.165) is 12.2 Å². The highest BCUT2D eigenvalue weighted by atomic mass is 15.2. The molecule has 1 radical (unpaired) electrons. The highest BCUT2D eigenvalue weighted by molar-refractivity contribution is 5.87. The van der Waals surface area contributed by atoms with Crippen LogP contribution in [0.2, 0.25) is 0 Å². The summed E-state index contributed by atoms with van der Waals surface area (Å²) < 4.78 is 0. The molecule has 2 aliphatic heterocycles. The molecule has 1 saturated heterocycles. The van der Waals surface area contributed by atoms with E-state index >= 15 is 0 Å². The third-order valence-electron chi connectivity index (χ3n) is 2.29. The summed E-state index contributed by atoms with van der Waals surface area (Å²) in [6.07, 6.45) is 1.96. The van der Waals surface area contributed by atoms with E-state index in [1.807, 2.05) is 24.4 Å². The molecule has 0 amide bonds. The lowest BCUT2D eigenvalue weighted by molar-refractivity contribution is 0.954. The topological polar surface area (TPSA) is 26.5 Å². The van der Waals surface area contributed by atoms with Crippen molar-refractivity contribution < 1.29 is 0 Å². The molecular weight excluding hydrogens is 136 g/mol. The first-order chi connectivity index (χ1) is 5.41. The average molecular weight is 143 g/mol. The minimum Gasteiger partial charge on any atom is -0.258 e. The molecule has 1 aromatic carbocycles. The van der Waals surface area contributed by atoms with Crippen LogP contribution in [0.3, 0.4) is 0 Å². The zero-order valence-electron chi connectivity index (χ0n) is 5.99. The van der Waals surface area contributed by atoms with E-state index in [4.69, 9.17) is 0 Å². The van der Waals surface area contributed by atoms with Gasteiger partial charge in [-0.25, -0.2) is 5.32 Å². The highest BCUT2D eigenvalue weighted by Crippen LogP contribution is 2.41. The van der Waals surface area contributed by atoms with Crippen molar-refractivity contribution >= 4 is 11.9 Å². The smallest absolute Gasteiger partial charge is 0.112 e. The number of para-hydroxylation sites is 1. The minimum atomic E-state index is 0.0105. The van der Waals surface area contributed by atoms with Crippen LogP contribution in [0.25, 0.3) is 0 Å². The number of hydrogen-bond acceptors (Lipinski definition) is 1. The second kappa shape index (κ2) is 1.53. The van der Waals surface area contributed by atoms with Crippen LogP contribution < -0.4 is 5.32 Å². The molecule has 1 spiro atoms. The maximum absolute atomic E-state index is 4.33. The molecule has 2 aliphatic rings. The summed E-state index contributed by atoms with van der Waals surface area (Å²) in [6.45, 7) is 0.924. The van der Waals surface area contributed by atoms with Gasteiger partial charge in [-0.15, -0.1) is 0 Å². The van der Waals surface area contributed by atoms with Gasteiger partial charge in [0.25, 0.3) is 0 Å². The van der Waals surface area contributed by atoms with Crippen LogP contribution in [0, 0.1) is 0 Å². The first-order valence-electron chi connectivity index (χ1n) is 3.74. The lowest BCUT2D eigenvalue weighted by Crippen LogP contribution is -2.07. The summed E-state index contributed by atoms with van der Waals surface area (Å²) >= 11 is 0. The zero-order chi connectivity index (χ0) is 7.31. The van der Waals surface area contributed by atoms with E-state index in [0.29, 0.717) is 0 Å². The van der Waals surface area contributed by atoms with Gasteiger partial charge in [-0.3, -0.25) is 4.99 Å². The van der Waals surface area contributed by atoms with Gasteiger partial charge in [0.1, 0.15) is 5.54 Å². The fourth-order valence-corrected chi connectivity index (χ4v) is 1.54. The quantitative estimate of drug-likeness (QED) is 0.488. The van der Waals surface area contributed by atoms with Gasteiger partial charge >= 0.3 is 0 Å². The van der Waals surface area contributed by atoms with Gasteiger partial charge < -0.3 is 0 Å². The summed E-state index contributed by atoms with van der Waals surface area (Å²) in [7, 11) is 0. The maximum atomic E-state index is 4.33. The van der Waals surface area contributed by atoms with E-state index in [1.165, 1.54) is 5.56 Å². The second-order valence-corrected chi connectivity index (χ2v) is 3.02. The van der Waals surface area contributed by atoms with Crippen LogP contribution in [0.1, 0.15) is 5.56 Å². The van der Waals surface area contributed by atoms with Crippen molar-refractivity contribution in [3.05, 3.63) is 29.8 Å². The Morgan fingerprint density at radius 3 is 2.91 bits per heavy atom. The molecular formula is C9H7N2. The minimum absolute atomic E-state index is 0.0105. The molecule has 3 rings (SSSR count). The lowest BCUT2D eigenvalue weighted by Gasteiger charge is -2.00. The van der Waals surface area contributed by atoms with Crippen LogP contribution in [0.15, 0.2) is 29.3 Å². The van der Waals surface area contributed by atoms with Gasteiger partial charge in [-0.1, -0.05) is 18.2 Å². The largest absolute Gasteiger partial charge is 0.258 e. The van der Waals surface area contributed by atoms with E-state index in [9.17, 15) is 0 Å². The summed E-state index contributed by atoms with van der Waals surface area (Å²) in [5.41, 5.74) is 2.38. The number of nitrogens with zero attached hydrogens (tertiary/aromatic N) is 2. The van der Waals surface area contributed by atoms with Gasteiger partial charge in [-0.2, -0.15) is 0 Å². The van der Waals surface area contributed by atoms with Crippen molar-refractivity contribution in [1.82, 2.24) is 5.32 Å². The monoisotopic (exact) mass is 143 g/mol. The first kappa shape index (κ1) is 5.49. The third-order valence-corrected chi connectivity index (χ3v) is 2.29. The molecule has 1 fully saturated rings. The van der Waals surface area contributed by atoms with E-state index in [1.54, 1.807) is 0 Å². The van der Waals surface area contributed by atoms with Gasteiger partial charge in [0.2, 0.25) is 0 Å². The van der Waals surface area contributed by atoms with Crippen LogP contribution in [0.4, 0.5) is 5.69 Å². The Morgan fingerprint density at radius 2 is 2.09 bits per heavy atom. The Balaban J connectivity index is 2.28. The Morgan fingerprint density at radius 1 is 1.27 bits per heavy atom. The molecule has 0 aliphatic carbocycles. The summed E-state index contributed by atoms with van der Waals surface area (Å²) in [5, 5.41) is 4.33. The molecule has 1 aromatic rings. The summed E-state index contributed by atoms with van der Waals surface area (Å²) in [4.78, 5) is 4.30. The Hall–Kier alpha value is -1.15. The normalized spacial score (nSPS) is 30.9. The zero-order valence-corrected chi connectivity index (χ0v) is 5.99. The second-order valence-electron chi connectivity index (χ2n) is 3.02. The van der Waals surface area contributed by atoms with E-state index in [2.05, 4.69) is 16.4 Å². The van der Waals surface area contributed by atoms with Gasteiger partial charge in [0.15, 0.2) is 0 Å². The molecule has 0 bridgehead atoms. The molecule has 0 saturated carbocycles. The first-order valence-corrected chi connectivity index (χ1v) is 3.74. The standard InChI is InChI=1S/C9H7N2/c1-2-4-8-7(3-1)9(5-10-8)6-11-9/h1-5H,6H2. The Labute approximate surface area is 65.0 Å². The number of benzene rings is 1. The molecule has 11 heavy (non-hydrogen) atoms. The van der Waals surface area contributed by atoms with Crippen molar-refractivity contribution in [2.45, 2.75) is 5.54 Å². The fourth-order valence-electron chi connectivity index (χ4n) is 1.54. The fraction of sp³-hybridized carbons (Fsp3) is 0.222. The van der Waals surface area contributed by atoms with Gasteiger partial charge in [-0.05, 0) is 6.07 Å². The van der Waals surface area contributed by atoms with Crippen molar-refractivity contribution in [3.63, 3.8) is 0 Å². The predicted octanol–water partition coefficient (Wildman–Crippen LogP) is 1.22. The van der Waals surface area contributed by atoms with Gasteiger partial charge in [0, 0.05) is 18.3 Å². The Bertz CT molecular complexity index is 337. The molecule has 1 unspecified atom stereocenters. The van der Waals surface area contributed by atoms with Gasteiger partial charge in [0.05, 0.1) is 5.69 Å². The van der Waals surface area contributed by atoms with Crippen molar-refractivity contribution in [1.29, 1.82) is 0 Å². The lowest BCUT2D eigenvalue weighted by atomic mass is 10.0. The number of hydrogen-bond donors (Lipinski definition) is 0. The molecule has 0 N–H and O–H groups in total. The molecule has 0 aromatic heterocycles. The van der Waals surface area contributed by atoms with Crippen molar-refractivity contribution in [2.75, 3.05) is 6.54 Å². The summed E-state index contributed by atoms with van der Waals surface area (Å²) in [5.74, 6) is 0. The maximum Gasteiger partial charge on any atom is 0.112 e. The average Bonchev–Trinajstić information content (AvgIpc) is 2.72. The van der Waals surface area contributed by atoms with Crippen molar-refractivity contribution in [2.24, 2.45) is 4.99 Å². The highest BCUT2D eigenvalue weighted by Gasteiger charge is 2.48.